The third kappa shape index (κ3) is 2.41. The normalized spacial score (nSPS) is 11.0. The molecule has 5 nitrogen and oxygen atoms in total. The van der Waals surface area contributed by atoms with Crippen LogP contribution in [0.4, 0.5) is 5.13 Å². The summed E-state index contributed by atoms with van der Waals surface area (Å²) >= 11 is 3.22. The summed E-state index contributed by atoms with van der Waals surface area (Å²) in [6.07, 6.45) is 5.49. The van der Waals surface area contributed by atoms with Crippen molar-refractivity contribution in [1.82, 2.24) is 19.6 Å². The summed E-state index contributed by atoms with van der Waals surface area (Å²) < 4.78 is 1.89. The second-order valence-electron chi connectivity index (χ2n) is 4.47. The van der Waals surface area contributed by atoms with Gasteiger partial charge in [-0.15, -0.1) is 5.10 Å². The minimum absolute atomic E-state index is 0.707. The SMILES string of the molecule is c1cncc(CNc2nn3c(-c4ccsc4)cnc3s2)c1. The molecule has 0 radical (unpaired) electrons. The number of anilines is 1. The molecule has 0 saturated carbocycles. The molecule has 21 heavy (non-hydrogen) atoms. The quantitative estimate of drug-likeness (QED) is 0.626. The minimum Gasteiger partial charge on any atom is -0.356 e. The second kappa shape index (κ2) is 5.27. The van der Waals surface area contributed by atoms with Gasteiger partial charge < -0.3 is 5.32 Å². The molecule has 1 N–H and O–H groups in total. The van der Waals surface area contributed by atoms with Gasteiger partial charge in [0.2, 0.25) is 10.1 Å². The molecule has 0 aliphatic rings. The lowest BCUT2D eigenvalue weighted by molar-refractivity contribution is 0.967. The molecule has 0 amide bonds. The summed E-state index contributed by atoms with van der Waals surface area (Å²) in [5.41, 5.74) is 3.30. The first kappa shape index (κ1) is 12.5. The maximum absolute atomic E-state index is 4.59. The monoisotopic (exact) mass is 313 g/mol. The third-order valence-corrected chi connectivity index (χ3v) is 4.63. The summed E-state index contributed by atoms with van der Waals surface area (Å²) in [5.74, 6) is 0. The number of pyridine rings is 1. The van der Waals surface area contributed by atoms with Gasteiger partial charge in [-0.3, -0.25) is 4.98 Å². The fourth-order valence-corrected chi connectivity index (χ4v) is 3.47. The number of rotatable bonds is 4. The smallest absolute Gasteiger partial charge is 0.214 e. The maximum Gasteiger partial charge on any atom is 0.214 e. The molecule has 4 aromatic rings. The van der Waals surface area contributed by atoms with Crippen LogP contribution in [0.25, 0.3) is 16.2 Å². The van der Waals surface area contributed by atoms with Crippen molar-refractivity contribution < 1.29 is 0 Å². The summed E-state index contributed by atoms with van der Waals surface area (Å²) in [4.78, 5) is 9.42. The molecule has 0 aliphatic carbocycles. The molecule has 0 bridgehead atoms. The molecule has 4 heterocycles. The van der Waals surface area contributed by atoms with E-state index in [9.17, 15) is 0 Å². The minimum atomic E-state index is 0.707. The van der Waals surface area contributed by atoms with Crippen LogP contribution >= 0.6 is 22.7 Å². The van der Waals surface area contributed by atoms with Gasteiger partial charge in [0, 0.05) is 29.9 Å². The summed E-state index contributed by atoms with van der Waals surface area (Å²) in [6, 6.07) is 6.05. The van der Waals surface area contributed by atoms with Gasteiger partial charge in [0.1, 0.15) is 0 Å². The molecule has 4 rings (SSSR count). The number of imidazole rings is 1. The van der Waals surface area contributed by atoms with E-state index in [-0.39, 0.29) is 0 Å². The first-order valence-electron chi connectivity index (χ1n) is 6.40. The summed E-state index contributed by atoms with van der Waals surface area (Å²) in [7, 11) is 0. The summed E-state index contributed by atoms with van der Waals surface area (Å²) in [6.45, 7) is 0.707. The van der Waals surface area contributed by atoms with Crippen molar-refractivity contribution in [3.63, 3.8) is 0 Å². The third-order valence-electron chi connectivity index (χ3n) is 3.07. The molecule has 0 aliphatic heterocycles. The van der Waals surface area contributed by atoms with Gasteiger partial charge in [-0.2, -0.15) is 11.3 Å². The zero-order chi connectivity index (χ0) is 14.1. The molecule has 0 atom stereocenters. The van der Waals surface area contributed by atoms with Gasteiger partial charge >= 0.3 is 0 Å². The Labute approximate surface area is 128 Å². The number of hydrogen-bond acceptors (Lipinski definition) is 6. The Morgan fingerprint density at radius 2 is 2.24 bits per heavy atom. The van der Waals surface area contributed by atoms with Crippen molar-refractivity contribution in [2.45, 2.75) is 6.54 Å². The van der Waals surface area contributed by atoms with Crippen molar-refractivity contribution in [3.8, 4) is 11.3 Å². The zero-order valence-electron chi connectivity index (χ0n) is 10.9. The van der Waals surface area contributed by atoms with Crippen LogP contribution in [0.5, 0.6) is 0 Å². The fourth-order valence-electron chi connectivity index (χ4n) is 2.05. The Morgan fingerprint density at radius 1 is 1.24 bits per heavy atom. The van der Waals surface area contributed by atoms with E-state index < -0.39 is 0 Å². The molecule has 0 unspecified atom stereocenters. The van der Waals surface area contributed by atoms with Crippen molar-refractivity contribution in [2.75, 3.05) is 5.32 Å². The summed E-state index contributed by atoms with van der Waals surface area (Å²) in [5, 5.41) is 12.9. The van der Waals surface area contributed by atoms with E-state index in [1.807, 2.05) is 29.0 Å². The maximum atomic E-state index is 4.59. The van der Waals surface area contributed by atoms with Crippen LogP contribution in [0.15, 0.2) is 47.5 Å². The van der Waals surface area contributed by atoms with E-state index in [4.69, 9.17) is 0 Å². The Morgan fingerprint density at radius 3 is 3.05 bits per heavy atom. The number of thiophene rings is 1. The van der Waals surface area contributed by atoms with Crippen LogP contribution < -0.4 is 5.32 Å². The van der Waals surface area contributed by atoms with Crippen LogP contribution in [0, 0.1) is 0 Å². The number of aromatic nitrogens is 4. The van der Waals surface area contributed by atoms with Crippen LogP contribution in [0.2, 0.25) is 0 Å². The fraction of sp³-hybridized carbons (Fsp3) is 0.0714. The molecular formula is C14H11N5S2. The van der Waals surface area contributed by atoms with E-state index in [1.165, 1.54) is 0 Å². The van der Waals surface area contributed by atoms with E-state index in [2.05, 4.69) is 37.2 Å². The van der Waals surface area contributed by atoms with Gasteiger partial charge in [-0.05, 0) is 23.1 Å². The second-order valence-corrected chi connectivity index (χ2v) is 6.21. The predicted molar refractivity (Wildman–Crippen MR) is 85.7 cm³/mol. The molecule has 104 valence electrons. The highest BCUT2D eigenvalue weighted by molar-refractivity contribution is 7.20. The zero-order valence-corrected chi connectivity index (χ0v) is 12.6. The highest BCUT2D eigenvalue weighted by Crippen LogP contribution is 2.27. The van der Waals surface area contributed by atoms with Crippen molar-refractivity contribution >= 4 is 32.8 Å². The topological polar surface area (TPSA) is 55.1 Å². The van der Waals surface area contributed by atoms with Gasteiger partial charge in [-0.25, -0.2) is 9.50 Å². The molecule has 0 saturated heterocycles. The number of nitrogens with zero attached hydrogens (tertiary/aromatic N) is 4. The van der Waals surface area contributed by atoms with E-state index in [0.717, 1.165) is 26.9 Å². The first-order chi connectivity index (χ1) is 10.4. The van der Waals surface area contributed by atoms with Gasteiger partial charge in [0.25, 0.3) is 0 Å². The molecular weight excluding hydrogens is 302 g/mol. The molecule has 0 aromatic carbocycles. The van der Waals surface area contributed by atoms with Crippen LogP contribution in [-0.4, -0.2) is 19.6 Å². The highest BCUT2D eigenvalue weighted by atomic mass is 32.1. The Hall–Kier alpha value is -2.25. The lowest BCUT2D eigenvalue weighted by Crippen LogP contribution is -2.00. The number of fused-ring (bicyclic) bond motifs is 1. The number of hydrogen-bond donors (Lipinski definition) is 1. The molecule has 0 spiro atoms. The lowest BCUT2D eigenvalue weighted by Gasteiger charge is -2.00. The van der Waals surface area contributed by atoms with Gasteiger partial charge in [0.15, 0.2) is 0 Å². The molecule has 0 fully saturated rings. The molecule has 4 aromatic heterocycles. The van der Waals surface area contributed by atoms with E-state index >= 15 is 0 Å². The predicted octanol–water partition coefficient (Wildman–Crippen LogP) is 3.53. The van der Waals surface area contributed by atoms with Gasteiger partial charge in [-0.1, -0.05) is 17.4 Å². The molecule has 7 heteroatoms. The average molecular weight is 313 g/mol. The lowest BCUT2D eigenvalue weighted by atomic mass is 10.3. The Balaban J connectivity index is 1.60. The largest absolute Gasteiger partial charge is 0.356 e. The van der Waals surface area contributed by atoms with Crippen molar-refractivity contribution in [3.05, 3.63) is 53.1 Å². The van der Waals surface area contributed by atoms with Crippen LogP contribution in [-0.2, 0) is 6.54 Å². The Bertz CT molecular complexity index is 848. The van der Waals surface area contributed by atoms with Crippen molar-refractivity contribution in [2.24, 2.45) is 0 Å². The van der Waals surface area contributed by atoms with E-state index in [1.54, 1.807) is 28.9 Å². The highest BCUT2D eigenvalue weighted by Gasteiger charge is 2.11. The van der Waals surface area contributed by atoms with Crippen LogP contribution in [0.1, 0.15) is 5.56 Å². The van der Waals surface area contributed by atoms with Crippen LogP contribution in [0.3, 0.4) is 0 Å². The first-order valence-corrected chi connectivity index (χ1v) is 8.16. The van der Waals surface area contributed by atoms with Gasteiger partial charge in [0.05, 0.1) is 11.9 Å². The van der Waals surface area contributed by atoms with Crippen molar-refractivity contribution in [1.29, 1.82) is 0 Å². The average Bonchev–Trinajstić information content (AvgIpc) is 3.22. The number of nitrogens with one attached hydrogen (secondary N) is 1. The van der Waals surface area contributed by atoms with E-state index in [0.29, 0.717) is 6.54 Å². The Kier molecular flexibility index (Phi) is 3.13. The standard InChI is InChI=1S/C14H11N5S2/c1-2-10(6-15-4-1)7-16-13-18-19-12(8-17-14(19)21-13)11-3-5-20-9-11/h1-6,8-9H,7H2,(H,16,18).